The molecule has 1 atom stereocenters. The van der Waals surface area contributed by atoms with Crippen molar-refractivity contribution in [1.82, 2.24) is 25.2 Å². The number of carbonyl (C=O) groups excluding carboxylic acids is 2. The number of rotatable bonds is 3. The van der Waals surface area contributed by atoms with E-state index in [1.54, 1.807) is 36.9 Å². The predicted octanol–water partition coefficient (Wildman–Crippen LogP) is 1.30. The van der Waals surface area contributed by atoms with Gasteiger partial charge in [0.2, 0.25) is 0 Å². The molecule has 2 amide bonds. The lowest BCUT2D eigenvalue weighted by molar-refractivity contribution is 0.0667. The van der Waals surface area contributed by atoms with E-state index in [2.05, 4.69) is 20.3 Å². The second kappa shape index (κ2) is 6.23. The lowest BCUT2D eigenvalue weighted by Gasteiger charge is -2.32. The molecule has 2 aliphatic rings. The minimum absolute atomic E-state index is 0.0199. The maximum Gasteiger partial charge on any atom is 0.256 e. The Balaban J connectivity index is 1.32. The quantitative estimate of drug-likeness (QED) is 0.912. The molecule has 2 aromatic heterocycles. The van der Waals surface area contributed by atoms with Crippen LogP contribution in [0.2, 0.25) is 0 Å². The Hall–Kier alpha value is -2.83. The summed E-state index contributed by atoms with van der Waals surface area (Å²) in [4.78, 5) is 38.3. The van der Waals surface area contributed by atoms with Gasteiger partial charge in [0, 0.05) is 49.5 Å². The number of carbonyl (C=O) groups is 2. The van der Waals surface area contributed by atoms with Crippen LogP contribution in [-0.4, -0.2) is 50.8 Å². The van der Waals surface area contributed by atoms with Crippen molar-refractivity contribution in [1.29, 1.82) is 0 Å². The molecule has 25 heavy (non-hydrogen) atoms. The number of pyridine rings is 1. The fraction of sp³-hybridized carbons (Fsp3) is 0.389. The fourth-order valence-corrected chi connectivity index (χ4v) is 3.60. The number of hydrogen-bond donors (Lipinski definition) is 1. The van der Waals surface area contributed by atoms with E-state index in [0.29, 0.717) is 24.2 Å². The summed E-state index contributed by atoms with van der Waals surface area (Å²) in [5.41, 5.74) is 1.30. The number of nitrogens with zero attached hydrogens (tertiary/aromatic N) is 4. The zero-order valence-electron chi connectivity index (χ0n) is 13.8. The Morgan fingerprint density at radius 1 is 1.04 bits per heavy atom. The molecule has 1 aliphatic carbocycles. The van der Waals surface area contributed by atoms with Gasteiger partial charge in [0.25, 0.3) is 11.8 Å². The van der Waals surface area contributed by atoms with Crippen LogP contribution in [-0.2, 0) is 0 Å². The Morgan fingerprint density at radius 2 is 1.72 bits per heavy atom. The first kappa shape index (κ1) is 15.7. The molecule has 4 rings (SSSR count). The van der Waals surface area contributed by atoms with Gasteiger partial charge in [-0.3, -0.25) is 14.6 Å². The molecule has 1 saturated carbocycles. The Kier molecular flexibility index (Phi) is 3.91. The van der Waals surface area contributed by atoms with Gasteiger partial charge in [-0.05, 0) is 36.8 Å². The summed E-state index contributed by atoms with van der Waals surface area (Å²) in [5.74, 6) is -0.0716. The van der Waals surface area contributed by atoms with Crippen LogP contribution in [0.15, 0.2) is 43.2 Å². The molecule has 2 fully saturated rings. The predicted molar refractivity (Wildman–Crippen MR) is 89.7 cm³/mol. The van der Waals surface area contributed by atoms with Gasteiger partial charge >= 0.3 is 0 Å². The first-order valence-corrected chi connectivity index (χ1v) is 8.43. The molecule has 128 valence electrons. The largest absolute Gasteiger partial charge is 0.349 e. The monoisotopic (exact) mass is 337 g/mol. The minimum atomic E-state index is -0.0517. The van der Waals surface area contributed by atoms with Crippen molar-refractivity contribution in [2.45, 2.75) is 25.3 Å². The van der Waals surface area contributed by atoms with Crippen LogP contribution in [0.25, 0.3) is 0 Å². The highest BCUT2D eigenvalue weighted by molar-refractivity contribution is 5.94. The van der Waals surface area contributed by atoms with Crippen molar-refractivity contribution in [3.8, 4) is 0 Å². The third-order valence-corrected chi connectivity index (χ3v) is 5.29. The highest BCUT2D eigenvalue weighted by Gasteiger charge is 2.55. The second-order valence-electron chi connectivity index (χ2n) is 6.75. The van der Waals surface area contributed by atoms with Gasteiger partial charge < -0.3 is 10.2 Å². The Bertz CT molecular complexity index is 773. The van der Waals surface area contributed by atoms with Gasteiger partial charge in [-0.25, -0.2) is 9.97 Å². The molecule has 1 saturated heterocycles. The van der Waals surface area contributed by atoms with Gasteiger partial charge in [0.05, 0.1) is 5.56 Å². The zero-order chi connectivity index (χ0) is 17.3. The van der Waals surface area contributed by atoms with Crippen molar-refractivity contribution in [3.63, 3.8) is 0 Å². The van der Waals surface area contributed by atoms with Gasteiger partial charge in [-0.1, -0.05) is 0 Å². The van der Waals surface area contributed by atoms with Crippen molar-refractivity contribution in [2.75, 3.05) is 13.1 Å². The lowest BCUT2D eigenvalue weighted by Crippen LogP contribution is -2.41. The number of piperidine rings is 1. The van der Waals surface area contributed by atoms with Crippen LogP contribution in [0.4, 0.5) is 0 Å². The highest BCUT2D eigenvalue weighted by atomic mass is 16.2. The van der Waals surface area contributed by atoms with Crippen LogP contribution in [0.5, 0.6) is 0 Å². The van der Waals surface area contributed by atoms with Crippen LogP contribution in [0.3, 0.4) is 0 Å². The number of aromatic nitrogens is 3. The summed E-state index contributed by atoms with van der Waals surface area (Å²) in [6, 6.07) is 3.63. The molecule has 0 radical (unpaired) electrons. The van der Waals surface area contributed by atoms with Gasteiger partial charge in [0.1, 0.15) is 6.33 Å². The first-order valence-electron chi connectivity index (χ1n) is 8.43. The standard InChI is InChI=1S/C18H19N5O2/c24-16(13-1-5-19-6-2-13)22-15-9-18(15)3-7-23(8-4-18)17(25)14-10-20-12-21-11-14/h1-2,5-6,10-12,15H,3-4,7-9H2,(H,22,24). The van der Waals surface area contributed by atoms with E-state index in [1.165, 1.54) is 6.33 Å². The molecule has 3 heterocycles. The maximum atomic E-state index is 12.4. The van der Waals surface area contributed by atoms with E-state index in [0.717, 1.165) is 19.3 Å². The smallest absolute Gasteiger partial charge is 0.256 e. The molecule has 0 bridgehead atoms. The van der Waals surface area contributed by atoms with E-state index in [-0.39, 0.29) is 23.3 Å². The summed E-state index contributed by atoms with van der Waals surface area (Å²) in [7, 11) is 0. The molecule has 7 nitrogen and oxygen atoms in total. The first-order chi connectivity index (χ1) is 12.2. The molecule has 1 unspecified atom stereocenters. The lowest BCUT2D eigenvalue weighted by atomic mass is 9.92. The van der Waals surface area contributed by atoms with E-state index in [9.17, 15) is 9.59 Å². The Morgan fingerprint density at radius 3 is 2.40 bits per heavy atom. The number of likely N-dealkylation sites (tertiary alicyclic amines) is 1. The molecule has 7 heteroatoms. The summed E-state index contributed by atoms with van der Waals surface area (Å²) in [5, 5.41) is 3.12. The average Bonchev–Trinajstić information content (AvgIpc) is 3.34. The minimum Gasteiger partial charge on any atom is -0.349 e. The summed E-state index contributed by atoms with van der Waals surface area (Å²) < 4.78 is 0. The third-order valence-electron chi connectivity index (χ3n) is 5.29. The van der Waals surface area contributed by atoms with E-state index in [1.807, 2.05) is 4.90 Å². The normalized spacial score (nSPS) is 21.0. The molecular formula is C18H19N5O2. The molecular weight excluding hydrogens is 318 g/mol. The number of amides is 2. The molecule has 0 aromatic carbocycles. The highest BCUT2D eigenvalue weighted by Crippen LogP contribution is 2.54. The summed E-state index contributed by atoms with van der Waals surface area (Å²) in [6.07, 6.45) is 10.6. The second-order valence-corrected chi connectivity index (χ2v) is 6.75. The van der Waals surface area contributed by atoms with Gasteiger partial charge in [-0.2, -0.15) is 0 Å². The van der Waals surface area contributed by atoms with E-state index >= 15 is 0 Å². The molecule has 1 spiro atoms. The summed E-state index contributed by atoms with van der Waals surface area (Å²) in [6.45, 7) is 1.41. The maximum absolute atomic E-state index is 12.4. The van der Waals surface area contributed by atoms with Crippen LogP contribution < -0.4 is 5.32 Å². The van der Waals surface area contributed by atoms with Crippen molar-refractivity contribution >= 4 is 11.8 Å². The zero-order valence-corrected chi connectivity index (χ0v) is 13.8. The third kappa shape index (κ3) is 3.09. The molecule has 1 aliphatic heterocycles. The topological polar surface area (TPSA) is 88.1 Å². The van der Waals surface area contributed by atoms with Crippen molar-refractivity contribution in [2.24, 2.45) is 5.41 Å². The number of hydrogen-bond acceptors (Lipinski definition) is 5. The molecule has 2 aromatic rings. The van der Waals surface area contributed by atoms with Gasteiger partial charge in [-0.15, -0.1) is 0 Å². The SMILES string of the molecule is O=C(NC1CC12CCN(C(=O)c1cncnc1)CC2)c1ccncc1. The van der Waals surface area contributed by atoms with Crippen LogP contribution >= 0.6 is 0 Å². The Labute approximate surface area is 145 Å². The van der Waals surface area contributed by atoms with Gasteiger partial charge in [0.15, 0.2) is 0 Å². The number of nitrogens with one attached hydrogen (secondary N) is 1. The van der Waals surface area contributed by atoms with E-state index < -0.39 is 0 Å². The summed E-state index contributed by atoms with van der Waals surface area (Å²) >= 11 is 0. The fourth-order valence-electron chi connectivity index (χ4n) is 3.60. The molecule has 1 N–H and O–H groups in total. The van der Waals surface area contributed by atoms with Crippen molar-refractivity contribution < 1.29 is 9.59 Å². The average molecular weight is 337 g/mol. The van der Waals surface area contributed by atoms with Crippen LogP contribution in [0.1, 0.15) is 40.0 Å². The van der Waals surface area contributed by atoms with Crippen molar-refractivity contribution in [3.05, 3.63) is 54.4 Å². The van der Waals surface area contributed by atoms with E-state index in [4.69, 9.17) is 0 Å². The van der Waals surface area contributed by atoms with Crippen LogP contribution in [0, 0.1) is 5.41 Å².